The number of thiazole rings is 1. The van der Waals surface area contributed by atoms with Crippen molar-refractivity contribution in [2.45, 2.75) is 38.0 Å². The Kier molecular flexibility index (Phi) is 6.01. The lowest BCUT2D eigenvalue weighted by Crippen LogP contribution is -2.28. The maximum absolute atomic E-state index is 13.0. The van der Waals surface area contributed by atoms with Gasteiger partial charge < -0.3 is 20.9 Å². The third-order valence-electron chi connectivity index (χ3n) is 4.84. The monoisotopic (exact) mass is 499 g/mol. The minimum Gasteiger partial charge on any atom is -0.369 e. The number of hydrogen-bond donors (Lipinski definition) is 3. The van der Waals surface area contributed by atoms with Crippen molar-refractivity contribution in [3.8, 4) is 0 Å². The second-order valence-corrected chi connectivity index (χ2v) is 8.83. The Bertz CT molecular complexity index is 1220. The molecule has 4 rings (SSSR count). The SMILES string of the molecule is C[C@@H](NC(=O)c1cnc(N)n1C1CC1)c1ncc(C(=O)Nc2cc(C(F)(F)F)c(Cl)cn2)s1. The molecule has 1 aliphatic carbocycles. The number of nitrogen functional groups attached to an aromatic ring is 1. The molecule has 1 aliphatic rings. The van der Waals surface area contributed by atoms with Gasteiger partial charge in [-0.3, -0.25) is 9.59 Å². The van der Waals surface area contributed by atoms with Crippen molar-refractivity contribution >= 4 is 46.5 Å². The van der Waals surface area contributed by atoms with Crippen molar-refractivity contribution in [2.24, 2.45) is 0 Å². The van der Waals surface area contributed by atoms with E-state index in [1.54, 1.807) is 11.5 Å². The van der Waals surface area contributed by atoms with Crippen LogP contribution in [0.15, 0.2) is 24.7 Å². The number of pyridine rings is 1. The Morgan fingerprint density at radius 3 is 2.61 bits per heavy atom. The van der Waals surface area contributed by atoms with Gasteiger partial charge in [0.15, 0.2) is 0 Å². The first-order valence-electron chi connectivity index (χ1n) is 9.68. The third-order valence-corrected chi connectivity index (χ3v) is 6.32. The van der Waals surface area contributed by atoms with Crippen molar-refractivity contribution < 1.29 is 22.8 Å². The Labute approximate surface area is 194 Å². The van der Waals surface area contributed by atoms with E-state index in [2.05, 4.69) is 25.6 Å². The number of nitrogens with one attached hydrogen (secondary N) is 2. The number of alkyl halides is 3. The average molecular weight is 500 g/mol. The average Bonchev–Trinajstić information content (AvgIpc) is 3.30. The van der Waals surface area contributed by atoms with Crippen LogP contribution in [-0.2, 0) is 6.18 Å². The molecule has 0 spiro atoms. The van der Waals surface area contributed by atoms with E-state index in [9.17, 15) is 22.8 Å². The van der Waals surface area contributed by atoms with Gasteiger partial charge in [0.1, 0.15) is 21.4 Å². The number of anilines is 2. The highest BCUT2D eigenvalue weighted by Gasteiger charge is 2.34. The number of aromatic nitrogens is 4. The number of amides is 2. The zero-order valence-corrected chi connectivity index (χ0v) is 18.6. The van der Waals surface area contributed by atoms with E-state index in [4.69, 9.17) is 17.3 Å². The van der Waals surface area contributed by atoms with E-state index in [-0.39, 0.29) is 28.6 Å². The van der Waals surface area contributed by atoms with Crippen LogP contribution in [0.2, 0.25) is 5.02 Å². The number of imidazole rings is 1. The zero-order chi connectivity index (χ0) is 23.9. The van der Waals surface area contributed by atoms with E-state index in [0.29, 0.717) is 16.8 Å². The summed E-state index contributed by atoms with van der Waals surface area (Å²) in [6.45, 7) is 1.69. The predicted molar refractivity (Wildman–Crippen MR) is 115 cm³/mol. The minimum absolute atomic E-state index is 0.128. The van der Waals surface area contributed by atoms with E-state index >= 15 is 0 Å². The molecule has 3 aromatic rings. The van der Waals surface area contributed by atoms with Gasteiger partial charge in [-0.15, -0.1) is 11.3 Å². The van der Waals surface area contributed by atoms with Crippen LogP contribution in [0.4, 0.5) is 24.9 Å². The molecule has 14 heteroatoms. The number of rotatable bonds is 6. The van der Waals surface area contributed by atoms with Crippen LogP contribution in [0.5, 0.6) is 0 Å². The van der Waals surface area contributed by atoms with E-state index in [0.717, 1.165) is 30.4 Å². The highest BCUT2D eigenvalue weighted by molar-refractivity contribution is 7.13. The molecule has 0 aromatic carbocycles. The highest BCUT2D eigenvalue weighted by atomic mass is 35.5. The summed E-state index contributed by atoms with van der Waals surface area (Å²) in [4.78, 5) is 37.1. The number of halogens is 4. The molecule has 0 radical (unpaired) electrons. The second kappa shape index (κ2) is 8.63. The maximum Gasteiger partial charge on any atom is 0.418 e. The lowest BCUT2D eigenvalue weighted by molar-refractivity contribution is -0.137. The van der Waals surface area contributed by atoms with Gasteiger partial charge in [-0.25, -0.2) is 15.0 Å². The zero-order valence-electron chi connectivity index (χ0n) is 17.0. The Morgan fingerprint density at radius 2 is 1.94 bits per heavy atom. The maximum atomic E-state index is 13.0. The van der Waals surface area contributed by atoms with Crippen LogP contribution in [0.25, 0.3) is 0 Å². The predicted octanol–water partition coefficient (Wildman–Crippen LogP) is 4.07. The molecule has 9 nitrogen and oxygen atoms in total. The summed E-state index contributed by atoms with van der Waals surface area (Å²) in [5, 5.41) is 4.94. The Hall–Kier alpha value is -3.19. The summed E-state index contributed by atoms with van der Waals surface area (Å²) in [5.74, 6) is -1.11. The van der Waals surface area contributed by atoms with Crippen molar-refractivity contribution in [3.63, 3.8) is 0 Å². The topological polar surface area (TPSA) is 128 Å². The first kappa shape index (κ1) is 23.0. The molecule has 0 aliphatic heterocycles. The van der Waals surface area contributed by atoms with E-state index in [1.807, 2.05) is 0 Å². The van der Waals surface area contributed by atoms with Gasteiger partial charge in [-0.05, 0) is 25.8 Å². The van der Waals surface area contributed by atoms with Crippen molar-refractivity contribution in [2.75, 3.05) is 11.1 Å². The Morgan fingerprint density at radius 1 is 1.21 bits per heavy atom. The number of hydrogen-bond acceptors (Lipinski definition) is 7. The van der Waals surface area contributed by atoms with Crippen molar-refractivity contribution in [1.82, 2.24) is 24.8 Å². The number of carbonyl (C=O) groups is 2. The fourth-order valence-corrected chi connectivity index (χ4v) is 4.11. The molecule has 1 saturated carbocycles. The van der Waals surface area contributed by atoms with Gasteiger partial charge in [0.25, 0.3) is 11.8 Å². The molecular weight excluding hydrogens is 483 g/mol. The van der Waals surface area contributed by atoms with Crippen LogP contribution >= 0.6 is 22.9 Å². The molecule has 3 aromatic heterocycles. The van der Waals surface area contributed by atoms with Crippen LogP contribution in [0.3, 0.4) is 0 Å². The molecule has 174 valence electrons. The first-order chi connectivity index (χ1) is 15.5. The minimum atomic E-state index is -4.69. The van der Waals surface area contributed by atoms with Crippen LogP contribution in [-0.4, -0.2) is 31.3 Å². The standard InChI is InChI=1S/C19H17ClF3N7O2S/c1-8(28-15(31)12-6-27-18(24)30(12)9-2-3-9)17-26-7-13(33-17)16(32)29-14-4-10(19(21,22)23)11(20)5-25-14/h4-9H,2-3H2,1H3,(H2,24,27)(H,28,31)(H,25,29,32)/t8-/m1/s1. The van der Waals surface area contributed by atoms with Gasteiger partial charge in [-0.1, -0.05) is 11.6 Å². The van der Waals surface area contributed by atoms with Gasteiger partial charge in [0.2, 0.25) is 5.95 Å². The van der Waals surface area contributed by atoms with Crippen molar-refractivity contribution in [1.29, 1.82) is 0 Å². The fourth-order valence-electron chi connectivity index (χ4n) is 3.09. The summed E-state index contributed by atoms with van der Waals surface area (Å²) in [7, 11) is 0. The largest absolute Gasteiger partial charge is 0.418 e. The van der Waals surface area contributed by atoms with Crippen LogP contribution in [0.1, 0.15) is 62.6 Å². The summed E-state index contributed by atoms with van der Waals surface area (Å²) in [5.41, 5.74) is 5.07. The van der Waals surface area contributed by atoms with E-state index in [1.165, 1.54) is 12.4 Å². The third kappa shape index (κ3) is 4.93. The Balaban J connectivity index is 1.43. The molecule has 0 bridgehead atoms. The lowest BCUT2D eigenvalue weighted by Gasteiger charge is -2.13. The molecule has 0 unspecified atom stereocenters. The lowest BCUT2D eigenvalue weighted by atomic mass is 10.2. The molecule has 33 heavy (non-hydrogen) atoms. The smallest absolute Gasteiger partial charge is 0.369 e. The summed E-state index contributed by atoms with van der Waals surface area (Å²) in [6, 6.07) is 0.274. The van der Waals surface area contributed by atoms with Gasteiger partial charge >= 0.3 is 6.18 Å². The van der Waals surface area contributed by atoms with E-state index < -0.39 is 28.7 Å². The molecule has 1 atom stereocenters. The summed E-state index contributed by atoms with van der Waals surface area (Å²) < 4.78 is 40.7. The fraction of sp³-hybridized carbons (Fsp3) is 0.316. The molecule has 4 N–H and O–H groups in total. The first-order valence-corrected chi connectivity index (χ1v) is 10.9. The second-order valence-electron chi connectivity index (χ2n) is 7.36. The van der Waals surface area contributed by atoms with Gasteiger partial charge in [0, 0.05) is 12.2 Å². The quantitative estimate of drug-likeness (QED) is 0.469. The summed E-state index contributed by atoms with van der Waals surface area (Å²) >= 11 is 6.53. The van der Waals surface area contributed by atoms with Crippen LogP contribution < -0.4 is 16.4 Å². The number of nitrogens with zero attached hydrogens (tertiary/aromatic N) is 4. The summed E-state index contributed by atoms with van der Waals surface area (Å²) in [6.07, 6.45) is 0.650. The van der Waals surface area contributed by atoms with Gasteiger partial charge in [0.05, 0.1) is 29.0 Å². The molecule has 3 heterocycles. The molecular formula is C19H17ClF3N7O2S. The number of nitrogens with two attached hydrogens (primary N) is 1. The normalized spacial score (nSPS) is 14.7. The number of carbonyl (C=O) groups excluding carboxylic acids is 2. The highest BCUT2D eigenvalue weighted by Crippen LogP contribution is 2.38. The molecule has 0 saturated heterocycles. The van der Waals surface area contributed by atoms with Crippen molar-refractivity contribution in [3.05, 3.63) is 50.8 Å². The molecule has 2 amide bonds. The van der Waals surface area contributed by atoms with Gasteiger partial charge in [-0.2, -0.15) is 13.2 Å². The molecule has 1 fully saturated rings. The van der Waals surface area contributed by atoms with Crippen LogP contribution in [0, 0.1) is 0 Å².